The van der Waals surface area contributed by atoms with E-state index in [9.17, 15) is 14.0 Å². The molecule has 0 fully saturated rings. The third-order valence-corrected chi connectivity index (χ3v) is 3.63. The van der Waals surface area contributed by atoms with Gasteiger partial charge in [-0.05, 0) is 35.7 Å². The summed E-state index contributed by atoms with van der Waals surface area (Å²) in [6.07, 6.45) is 0.656. The summed E-state index contributed by atoms with van der Waals surface area (Å²) in [6.45, 7) is 0.452. The molecule has 3 aromatic rings. The number of carbonyl (C=O) groups is 1. The van der Waals surface area contributed by atoms with E-state index in [2.05, 4.69) is 15.3 Å². The number of hydrogen-bond donors (Lipinski definition) is 3. The van der Waals surface area contributed by atoms with Gasteiger partial charge in [-0.15, -0.1) is 0 Å². The van der Waals surface area contributed by atoms with Gasteiger partial charge in [-0.2, -0.15) is 0 Å². The van der Waals surface area contributed by atoms with Gasteiger partial charge >= 0.3 is 5.69 Å². The zero-order valence-corrected chi connectivity index (χ0v) is 12.4. The van der Waals surface area contributed by atoms with Crippen LogP contribution in [0.3, 0.4) is 0 Å². The van der Waals surface area contributed by atoms with Crippen molar-refractivity contribution in [1.29, 1.82) is 0 Å². The van der Waals surface area contributed by atoms with Gasteiger partial charge in [-0.1, -0.05) is 24.3 Å². The Morgan fingerprint density at radius 2 is 1.87 bits per heavy atom. The summed E-state index contributed by atoms with van der Waals surface area (Å²) in [4.78, 5) is 28.4. The van der Waals surface area contributed by atoms with E-state index in [0.29, 0.717) is 18.5 Å². The Morgan fingerprint density at radius 3 is 2.70 bits per heavy atom. The smallest absolute Gasteiger partial charge is 0.323 e. The van der Waals surface area contributed by atoms with Crippen molar-refractivity contribution in [3.05, 3.63) is 69.9 Å². The van der Waals surface area contributed by atoms with Crippen molar-refractivity contribution in [1.82, 2.24) is 15.3 Å². The Hall–Kier alpha value is -2.89. The van der Waals surface area contributed by atoms with E-state index in [1.54, 1.807) is 18.2 Å². The first-order valence-electron chi connectivity index (χ1n) is 7.33. The number of amides is 1. The number of aromatic amines is 2. The van der Waals surface area contributed by atoms with E-state index in [1.807, 2.05) is 18.2 Å². The monoisotopic (exact) mass is 313 g/mol. The van der Waals surface area contributed by atoms with Crippen LogP contribution in [0, 0.1) is 5.82 Å². The molecule has 1 heterocycles. The molecule has 118 valence electrons. The molecule has 0 saturated carbocycles. The van der Waals surface area contributed by atoms with Gasteiger partial charge in [-0.3, -0.25) is 4.79 Å². The lowest BCUT2D eigenvalue weighted by Crippen LogP contribution is -2.27. The first-order chi connectivity index (χ1) is 11.1. The van der Waals surface area contributed by atoms with Crippen molar-refractivity contribution in [3.63, 3.8) is 0 Å². The van der Waals surface area contributed by atoms with Crippen LogP contribution in [0.4, 0.5) is 4.39 Å². The number of fused-ring (bicyclic) bond motifs is 1. The number of carbonyl (C=O) groups excluding carboxylic acids is 1. The SMILES string of the molecule is O=C(Cc1ccccc1F)NCCc1ccc2[nH]c(=O)[nH]c2c1. The molecule has 3 rings (SSSR count). The second kappa shape index (κ2) is 6.48. The second-order valence-corrected chi connectivity index (χ2v) is 5.33. The first kappa shape index (κ1) is 15.0. The summed E-state index contributed by atoms with van der Waals surface area (Å²) in [6, 6.07) is 11.8. The van der Waals surface area contributed by atoms with E-state index < -0.39 is 0 Å². The van der Waals surface area contributed by atoms with Crippen molar-refractivity contribution in [2.24, 2.45) is 0 Å². The van der Waals surface area contributed by atoms with E-state index >= 15 is 0 Å². The summed E-state index contributed by atoms with van der Waals surface area (Å²) in [5, 5.41) is 2.77. The maximum Gasteiger partial charge on any atom is 0.323 e. The Labute approximate surface area is 131 Å². The fourth-order valence-corrected chi connectivity index (χ4v) is 2.46. The first-order valence-corrected chi connectivity index (χ1v) is 7.33. The predicted octanol–water partition coefficient (Wildman–Crippen LogP) is 1.90. The standard InChI is InChI=1S/C17H16FN3O2/c18-13-4-2-1-3-12(13)10-16(22)19-8-7-11-5-6-14-15(9-11)21-17(23)20-14/h1-6,9H,7-8,10H2,(H,19,22)(H2,20,21,23). The summed E-state index contributed by atoms with van der Waals surface area (Å²) in [7, 11) is 0. The molecule has 23 heavy (non-hydrogen) atoms. The lowest BCUT2D eigenvalue weighted by molar-refractivity contribution is -0.120. The molecule has 0 radical (unpaired) electrons. The Morgan fingerprint density at radius 1 is 1.09 bits per heavy atom. The van der Waals surface area contributed by atoms with Crippen LogP contribution in [0.25, 0.3) is 11.0 Å². The number of rotatable bonds is 5. The number of halogens is 1. The summed E-state index contributed by atoms with van der Waals surface area (Å²) < 4.78 is 13.5. The number of aromatic nitrogens is 2. The molecule has 6 heteroatoms. The van der Waals surface area contributed by atoms with Gasteiger partial charge in [0.2, 0.25) is 5.91 Å². The van der Waals surface area contributed by atoms with Crippen LogP contribution in [0.5, 0.6) is 0 Å². The van der Waals surface area contributed by atoms with Gasteiger partial charge in [-0.25, -0.2) is 9.18 Å². The van der Waals surface area contributed by atoms with Crippen LogP contribution in [-0.2, 0) is 17.6 Å². The van der Waals surface area contributed by atoms with Crippen LogP contribution in [0.1, 0.15) is 11.1 Å². The third kappa shape index (κ3) is 3.66. The van der Waals surface area contributed by atoms with Gasteiger partial charge in [0.25, 0.3) is 0 Å². The molecule has 3 N–H and O–H groups in total. The number of H-pyrrole nitrogens is 2. The highest BCUT2D eigenvalue weighted by Gasteiger charge is 2.07. The zero-order valence-electron chi connectivity index (χ0n) is 12.4. The molecule has 1 amide bonds. The summed E-state index contributed by atoms with van der Waals surface area (Å²) >= 11 is 0. The van der Waals surface area contributed by atoms with Gasteiger partial charge in [0.1, 0.15) is 5.82 Å². The predicted molar refractivity (Wildman–Crippen MR) is 85.7 cm³/mol. The molecule has 0 spiro atoms. The average Bonchev–Trinajstić information content (AvgIpc) is 2.89. The highest BCUT2D eigenvalue weighted by molar-refractivity contribution is 5.78. The average molecular weight is 313 g/mol. The van der Waals surface area contributed by atoms with Crippen molar-refractivity contribution in [2.45, 2.75) is 12.8 Å². The molecule has 0 unspecified atom stereocenters. The highest BCUT2D eigenvalue weighted by Crippen LogP contribution is 2.10. The van der Waals surface area contributed by atoms with Crippen molar-refractivity contribution in [3.8, 4) is 0 Å². The minimum Gasteiger partial charge on any atom is -0.355 e. The molecular formula is C17H16FN3O2. The number of nitrogens with one attached hydrogen (secondary N) is 3. The minimum absolute atomic E-state index is 0.0246. The van der Waals surface area contributed by atoms with Crippen LogP contribution in [0.2, 0.25) is 0 Å². The van der Waals surface area contributed by atoms with Crippen LogP contribution < -0.4 is 11.0 Å². The number of imidazole rings is 1. The molecule has 2 aromatic carbocycles. The quantitative estimate of drug-likeness (QED) is 0.673. The lowest BCUT2D eigenvalue weighted by atomic mass is 10.1. The molecule has 0 aliphatic rings. The Balaban J connectivity index is 1.54. The van der Waals surface area contributed by atoms with Crippen LogP contribution >= 0.6 is 0 Å². The molecule has 0 saturated heterocycles. The summed E-state index contributed by atoms with van der Waals surface area (Å²) in [5.41, 5.74) is 2.64. The van der Waals surface area contributed by atoms with Gasteiger partial charge in [0.05, 0.1) is 17.5 Å². The normalized spacial score (nSPS) is 10.8. The van der Waals surface area contributed by atoms with Crippen LogP contribution in [0.15, 0.2) is 47.3 Å². The minimum atomic E-state index is -0.371. The largest absolute Gasteiger partial charge is 0.355 e. The summed E-state index contributed by atoms with van der Waals surface area (Å²) in [5.74, 6) is -0.587. The van der Waals surface area contributed by atoms with E-state index in [1.165, 1.54) is 6.07 Å². The molecule has 0 atom stereocenters. The lowest BCUT2D eigenvalue weighted by Gasteiger charge is -2.06. The zero-order chi connectivity index (χ0) is 16.2. The van der Waals surface area contributed by atoms with Crippen molar-refractivity contribution < 1.29 is 9.18 Å². The second-order valence-electron chi connectivity index (χ2n) is 5.33. The van der Waals surface area contributed by atoms with E-state index in [-0.39, 0.29) is 23.8 Å². The highest BCUT2D eigenvalue weighted by atomic mass is 19.1. The third-order valence-electron chi connectivity index (χ3n) is 3.63. The number of hydrogen-bond acceptors (Lipinski definition) is 2. The van der Waals surface area contributed by atoms with Crippen molar-refractivity contribution in [2.75, 3.05) is 6.54 Å². The van der Waals surface area contributed by atoms with Crippen LogP contribution in [-0.4, -0.2) is 22.4 Å². The maximum atomic E-state index is 13.5. The van der Waals surface area contributed by atoms with Gasteiger partial charge < -0.3 is 15.3 Å². The molecular weight excluding hydrogens is 297 g/mol. The van der Waals surface area contributed by atoms with Gasteiger partial charge in [0.15, 0.2) is 0 Å². The van der Waals surface area contributed by atoms with E-state index in [0.717, 1.165) is 16.6 Å². The van der Waals surface area contributed by atoms with Gasteiger partial charge in [0, 0.05) is 6.54 Å². The topological polar surface area (TPSA) is 77.8 Å². The fraction of sp³-hybridized carbons (Fsp3) is 0.176. The molecule has 0 bridgehead atoms. The van der Waals surface area contributed by atoms with E-state index in [4.69, 9.17) is 0 Å². The molecule has 5 nitrogen and oxygen atoms in total. The Kier molecular flexibility index (Phi) is 4.23. The molecule has 0 aliphatic heterocycles. The number of benzene rings is 2. The fourth-order valence-electron chi connectivity index (χ4n) is 2.46. The maximum absolute atomic E-state index is 13.5. The molecule has 0 aliphatic carbocycles. The molecule has 1 aromatic heterocycles. The Bertz CT molecular complexity index is 898. The van der Waals surface area contributed by atoms with Crippen molar-refractivity contribution >= 4 is 16.9 Å².